The van der Waals surface area contributed by atoms with Crippen molar-refractivity contribution >= 4 is 16.9 Å². The Morgan fingerprint density at radius 2 is 1.82 bits per heavy atom. The molecule has 0 spiro atoms. The molecule has 1 fully saturated rings. The molecule has 0 saturated heterocycles. The van der Waals surface area contributed by atoms with Crippen molar-refractivity contribution < 1.29 is 9.13 Å². The normalized spacial score (nSPS) is 15.1. The molecule has 0 bridgehead atoms. The van der Waals surface area contributed by atoms with E-state index in [1.807, 2.05) is 24.7 Å². The Kier molecular flexibility index (Phi) is 6.06. The van der Waals surface area contributed by atoms with Crippen molar-refractivity contribution in [3.8, 4) is 22.7 Å². The fourth-order valence-corrected chi connectivity index (χ4v) is 6.16. The van der Waals surface area contributed by atoms with Gasteiger partial charge < -0.3 is 14.6 Å². The molecule has 204 valence electrons. The minimum Gasteiger partial charge on any atom is -0.492 e. The average Bonchev–Trinajstić information content (AvgIpc) is 3.61. The van der Waals surface area contributed by atoms with Crippen LogP contribution in [0.15, 0.2) is 48.9 Å². The van der Waals surface area contributed by atoms with Crippen LogP contribution in [0.1, 0.15) is 60.6 Å². The molecule has 0 amide bonds. The summed E-state index contributed by atoms with van der Waals surface area (Å²) in [6.07, 6.45) is 10.7. The van der Waals surface area contributed by atoms with Crippen LogP contribution in [0.4, 0.5) is 10.3 Å². The maximum atomic E-state index is 15.6. The SMILES string of the molecule is CCc1cccc(CC)c1-n1nc2c(c1-c1cc(F)c(OC)c3[nH]ccc13)CN(c1ncc(C3CC3)cn1)CC2. The molecule has 8 heteroatoms. The van der Waals surface area contributed by atoms with Gasteiger partial charge in [0.1, 0.15) is 0 Å². The summed E-state index contributed by atoms with van der Waals surface area (Å²) >= 11 is 0. The van der Waals surface area contributed by atoms with E-state index in [2.05, 4.69) is 46.6 Å². The van der Waals surface area contributed by atoms with E-state index in [4.69, 9.17) is 19.8 Å². The molecule has 0 unspecified atom stereocenters. The summed E-state index contributed by atoms with van der Waals surface area (Å²) < 4.78 is 23.1. The molecule has 4 heterocycles. The van der Waals surface area contributed by atoms with E-state index in [1.165, 1.54) is 36.6 Å². The van der Waals surface area contributed by atoms with Gasteiger partial charge in [-0.25, -0.2) is 19.0 Å². The highest BCUT2D eigenvalue weighted by molar-refractivity contribution is 5.99. The number of rotatable bonds is 7. The number of ether oxygens (including phenoxy) is 1. The summed E-state index contributed by atoms with van der Waals surface area (Å²) in [4.78, 5) is 14.9. The summed E-state index contributed by atoms with van der Waals surface area (Å²) in [7, 11) is 1.50. The molecule has 7 nitrogen and oxygen atoms in total. The van der Waals surface area contributed by atoms with Crippen molar-refractivity contribution in [3.63, 3.8) is 0 Å². The van der Waals surface area contributed by atoms with E-state index in [0.717, 1.165) is 65.3 Å². The number of hydrogen-bond acceptors (Lipinski definition) is 5. The van der Waals surface area contributed by atoms with E-state index >= 15 is 4.39 Å². The number of nitrogens with zero attached hydrogens (tertiary/aromatic N) is 5. The molecule has 1 aliphatic carbocycles. The molecule has 0 radical (unpaired) electrons. The first-order valence-electron chi connectivity index (χ1n) is 14.2. The van der Waals surface area contributed by atoms with Gasteiger partial charge in [0.2, 0.25) is 5.95 Å². The number of H-pyrrole nitrogens is 1. The molecular weight excluding hydrogens is 503 g/mol. The number of aromatic nitrogens is 5. The van der Waals surface area contributed by atoms with Crippen LogP contribution < -0.4 is 9.64 Å². The second-order valence-electron chi connectivity index (χ2n) is 10.8. The summed E-state index contributed by atoms with van der Waals surface area (Å²) in [5.74, 6) is 1.16. The maximum Gasteiger partial charge on any atom is 0.225 e. The minimum absolute atomic E-state index is 0.220. The smallest absolute Gasteiger partial charge is 0.225 e. The Bertz CT molecular complexity index is 1690. The lowest BCUT2D eigenvalue weighted by atomic mass is 9.97. The van der Waals surface area contributed by atoms with Gasteiger partial charge in [0.05, 0.1) is 29.7 Å². The van der Waals surface area contributed by atoms with Crippen molar-refractivity contribution in [3.05, 3.63) is 82.7 Å². The van der Waals surface area contributed by atoms with Gasteiger partial charge in [0.25, 0.3) is 0 Å². The van der Waals surface area contributed by atoms with Gasteiger partial charge in [-0.3, -0.25) is 0 Å². The Hall–Kier alpha value is -4.20. The molecule has 1 saturated carbocycles. The highest BCUT2D eigenvalue weighted by Crippen LogP contribution is 2.42. The van der Waals surface area contributed by atoms with E-state index in [0.29, 0.717) is 18.0 Å². The van der Waals surface area contributed by atoms with Crippen LogP contribution in [0, 0.1) is 5.82 Å². The fraction of sp³-hybridized carbons (Fsp3) is 0.344. The van der Waals surface area contributed by atoms with E-state index < -0.39 is 5.82 Å². The third kappa shape index (κ3) is 3.96. The lowest BCUT2D eigenvalue weighted by Gasteiger charge is -2.27. The predicted molar refractivity (Wildman–Crippen MR) is 155 cm³/mol. The fourth-order valence-electron chi connectivity index (χ4n) is 6.16. The first-order chi connectivity index (χ1) is 19.6. The van der Waals surface area contributed by atoms with Crippen LogP contribution in [0.5, 0.6) is 5.75 Å². The quantitative estimate of drug-likeness (QED) is 0.256. The van der Waals surface area contributed by atoms with E-state index in [-0.39, 0.29) is 5.75 Å². The Balaban J connectivity index is 1.44. The number of halogens is 1. The zero-order valence-electron chi connectivity index (χ0n) is 23.2. The molecule has 7 rings (SSSR count). The van der Waals surface area contributed by atoms with Gasteiger partial charge in [0.15, 0.2) is 11.6 Å². The number of aromatic amines is 1. The number of nitrogens with one attached hydrogen (secondary N) is 1. The second kappa shape index (κ2) is 9.77. The Morgan fingerprint density at radius 1 is 1.07 bits per heavy atom. The van der Waals surface area contributed by atoms with Gasteiger partial charge in [0, 0.05) is 54.6 Å². The molecule has 2 aromatic carbocycles. The zero-order chi connectivity index (χ0) is 27.4. The third-order valence-corrected chi connectivity index (χ3v) is 8.41. The molecule has 5 aromatic rings. The molecule has 40 heavy (non-hydrogen) atoms. The number of aryl methyl sites for hydroxylation is 2. The monoisotopic (exact) mass is 536 g/mol. The lowest BCUT2D eigenvalue weighted by Crippen LogP contribution is -2.31. The van der Waals surface area contributed by atoms with Gasteiger partial charge in [-0.15, -0.1) is 0 Å². The molecule has 3 aromatic heterocycles. The predicted octanol–water partition coefficient (Wildman–Crippen LogP) is 6.52. The summed E-state index contributed by atoms with van der Waals surface area (Å²) in [5.41, 5.74) is 9.22. The van der Waals surface area contributed by atoms with Crippen molar-refractivity contribution in [2.45, 2.75) is 58.4 Å². The van der Waals surface area contributed by atoms with Crippen molar-refractivity contribution in [2.75, 3.05) is 18.6 Å². The second-order valence-corrected chi connectivity index (χ2v) is 10.8. The third-order valence-electron chi connectivity index (χ3n) is 8.41. The number of benzene rings is 2. The number of hydrogen-bond donors (Lipinski definition) is 1. The number of fused-ring (bicyclic) bond motifs is 2. The maximum absolute atomic E-state index is 15.6. The lowest BCUT2D eigenvalue weighted by molar-refractivity contribution is 0.391. The number of para-hydroxylation sites is 1. The largest absolute Gasteiger partial charge is 0.492 e. The van der Waals surface area contributed by atoms with Crippen LogP contribution in [-0.4, -0.2) is 38.4 Å². The summed E-state index contributed by atoms with van der Waals surface area (Å²) in [6, 6.07) is 10.0. The number of anilines is 1. The summed E-state index contributed by atoms with van der Waals surface area (Å²) in [6.45, 7) is 5.72. The summed E-state index contributed by atoms with van der Waals surface area (Å²) in [5, 5.41) is 6.14. The topological polar surface area (TPSA) is 71.9 Å². The first-order valence-corrected chi connectivity index (χ1v) is 14.2. The highest BCUT2D eigenvalue weighted by Gasteiger charge is 2.31. The Labute approximate surface area is 233 Å². The standard InChI is InChI=1S/C32H33FN6O/c1-4-19-7-6-8-20(5-2)29(19)39-30(24-15-26(33)31(40-3)28-23(24)11-13-34-28)25-18-38(14-12-27(25)37-39)32-35-16-22(17-36-32)21-9-10-21/h6-8,11,13,15-17,21,34H,4-5,9-10,12,14,18H2,1-3H3. The van der Waals surface area contributed by atoms with Crippen molar-refractivity contribution in [1.29, 1.82) is 0 Å². The Morgan fingerprint density at radius 3 is 2.50 bits per heavy atom. The van der Waals surface area contributed by atoms with Gasteiger partial charge in [-0.2, -0.15) is 5.10 Å². The van der Waals surface area contributed by atoms with E-state index in [1.54, 1.807) is 6.07 Å². The first kappa shape index (κ1) is 24.8. The molecule has 0 atom stereocenters. The van der Waals surface area contributed by atoms with E-state index in [9.17, 15) is 0 Å². The molecule has 1 aliphatic heterocycles. The van der Waals surface area contributed by atoms with Crippen molar-refractivity contribution in [1.82, 2.24) is 24.7 Å². The highest BCUT2D eigenvalue weighted by atomic mass is 19.1. The van der Waals surface area contributed by atoms with Crippen LogP contribution in [0.2, 0.25) is 0 Å². The molecule has 1 N–H and O–H groups in total. The van der Waals surface area contributed by atoms with Gasteiger partial charge in [-0.05, 0) is 60.4 Å². The van der Waals surface area contributed by atoms with Gasteiger partial charge >= 0.3 is 0 Å². The van der Waals surface area contributed by atoms with Crippen LogP contribution in [0.25, 0.3) is 27.8 Å². The van der Waals surface area contributed by atoms with Gasteiger partial charge in [-0.1, -0.05) is 32.0 Å². The van der Waals surface area contributed by atoms with Crippen LogP contribution >= 0.6 is 0 Å². The molecular formula is C32H33FN6O. The number of methoxy groups -OCH3 is 1. The minimum atomic E-state index is -0.403. The average molecular weight is 537 g/mol. The van der Waals surface area contributed by atoms with Crippen molar-refractivity contribution in [2.24, 2.45) is 0 Å². The zero-order valence-corrected chi connectivity index (χ0v) is 23.2. The van der Waals surface area contributed by atoms with Crippen LogP contribution in [0.3, 0.4) is 0 Å². The van der Waals surface area contributed by atoms with Crippen LogP contribution in [-0.2, 0) is 25.8 Å². The molecule has 2 aliphatic rings.